The summed E-state index contributed by atoms with van der Waals surface area (Å²) in [7, 11) is 0. The molecular formula is C20H25N3O2. The van der Waals surface area contributed by atoms with Crippen LogP contribution in [0.2, 0.25) is 0 Å². The summed E-state index contributed by atoms with van der Waals surface area (Å²) in [6, 6.07) is 17.8. The van der Waals surface area contributed by atoms with E-state index in [1.807, 2.05) is 62.4 Å². The Kier molecular flexibility index (Phi) is 7.01. The van der Waals surface area contributed by atoms with E-state index in [1.165, 1.54) is 0 Å². The lowest BCUT2D eigenvalue weighted by Gasteiger charge is -2.21. The van der Waals surface area contributed by atoms with Crippen LogP contribution in [0.4, 0.5) is 10.5 Å². The van der Waals surface area contributed by atoms with E-state index >= 15 is 0 Å². The molecule has 3 N–H and O–H groups in total. The molecule has 0 aliphatic heterocycles. The maximum Gasteiger partial charge on any atom is 0.319 e. The van der Waals surface area contributed by atoms with Gasteiger partial charge in [-0.2, -0.15) is 0 Å². The van der Waals surface area contributed by atoms with Crippen LogP contribution in [0, 0.1) is 0 Å². The second-order valence-electron chi connectivity index (χ2n) is 5.95. The van der Waals surface area contributed by atoms with Gasteiger partial charge in [-0.15, -0.1) is 0 Å². The van der Waals surface area contributed by atoms with Crippen molar-refractivity contribution in [2.24, 2.45) is 0 Å². The molecule has 5 heteroatoms. The molecule has 0 aliphatic rings. The zero-order valence-corrected chi connectivity index (χ0v) is 14.7. The number of anilines is 1. The van der Waals surface area contributed by atoms with Crippen molar-refractivity contribution in [2.75, 3.05) is 5.32 Å². The fraction of sp³-hybridized carbons (Fsp3) is 0.300. The fourth-order valence-electron chi connectivity index (χ4n) is 2.54. The van der Waals surface area contributed by atoms with E-state index < -0.39 is 6.04 Å². The molecule has 2 atom stereocenters. The first-order valence-corrected chi connectivity index (χ1v) is 8.58. The highest BCUT2D eigenvalue weighted by molar-refractivity contribution is 5.93. The van der Waals surface area contributed by atoms with Gasteiger partial charge in [0.1, 0.15) is 6.04 Å². The van der Waals surface area contributed by atoms with E-state index in [9.17, 15) is 9.59 Å². The lowest BCUT2D eigenvalue weighted by Crippen LogP contribution is -2.48. The average molecular weight is 339 g/mol. The zero-order chi connectivity index (χ0) is 18.1. The first-order chi connectivity index (χ1) is 12.1. The van der Waals surface area contributed by atoms with Gasteiger partial charge >= 0.3 is 6.03 Å². The summed E-state index contributed by atoms with van der Waals surface area (Å²) >= 11 is 0. The second kappa shape index (κ2) is 9.47. The summed E-state index contributed by atoms with van der Waals surface area (Å²) < 4.78 is 0. The summed E-state index contributed by atoms with van der Waals surface area (Å²) in [5.74, 6) is -0.179. The third kappa shape index (κ3) is 5.95. The molecule has 3 amide bonds. The van der Waals surface area contributed by atoms with Gasteiger partial charge in [0.05, 0.1) is 6.04 Å². The van der Waals surface area contributed by atoms with Crippen LogP contribution in [0.25, 0.3) is 0 Å². The highest BCUT2D eigenvalue weighted by atomic mass is 16.2. The first kappa shape index (κ1) is 18.5. The van der Waals surface area contributed by atoms with Gasteiger partial charge in [0.25, 0.3) is 0 Å². The minimum atomic E-state index is -0.570. The Labute approximate surface area is 148 Å². The van der Waals surface area contributed by atoms with Gasteiger partial charge in [-0.05, 0) is 31.0 Å². The molecule has 5 nitrogen and oxygen atoms in total. The number of rotatable bonds is 7. The highest BCUT2D eigenvalue weighted by Gasteiger charge is 2.21. The van der Waals surface area contributed by atoms with Gasteiger partial charge in [-0.1, -0.05) is 61.9 Å². The van der Waals surface area contributed by atoms with Gasteiger partial charge < -0.3 is 16.0 Å². The molecule has 0 saturated carbocycles. The maximum absolute atomic E-state index is 12.6. The molecule has 2 aromatic carbocycles. The summed E-state index contributed by atoms with van der Waals surface area (Å²) in [5.41, 5.74) is 1.72. The number of hydrogen-bond donors (Lipinski definition) is 3. The Balaban J connectivity index is 1.94. The molecule has 0 saturated heterocycles. The Morgan fingerprint density at radius 1 is 0.920 bits per heavy atom. The van der Waals surface area contributed by atoms with Gasteiger partial charge in [0, 0.05) is 5.69 Å². The van der Waals surface area contributed by atoms with Crippen LogP contribution in [0.1, 0.15) is 38.3 Å². The number of nitrogens with one attached hydrogen (secondary N) is 3. The minimum Gasteiger partial charge on any atom is -0.348 e. The van der Waals surface area contributed by atoms with Crippen LogP contribution in [-0.2, 0) is 4.79 Å². The molecule has 2 aromatic rings. The number of hydrogen-bond acceptors (Lipinski definition) is 2. The number of amides is 3. The summed E-state index contributed by atoms with van der Waals surface area (Å²) in [6.07, 6.45) is 1.37. The highest BCUT2D eigenvalue weighted by Crippen LogP contribution is 2.12. The minimum absolute atomic E-state index is 0.118. The molecule has 0 radical (unpaired) electrons. The normalized spacial score (nSPS) is 12.7. The van der Waals surface area contributed by atoms with Crippen LogP contribution in [0.5, 0.6) is 0 Å². The van der Waals surface area contributed by atoms with E-state index in [1.54, 1.807) is 12.1 Å². The topological polar surface area (TPSA) is 70.2 Å². The number of para-hydroxylation sites is 1. The Bertz CT molecular complexity index is 674. The summed E-state index contributed by atoms with van der Waals surface area (Å²) in [5, 5.41) is 8.47. The maximum atomic E-state index is 12.6. The van der Waals surface area contributed by atoms with E-state index in [2.05, 4.69) is 16.0 Å². The molecule has 0 bridgehead atoms. The van der Waals surface area contributed by atoms with Crippen molar-refractivity contribution in [2.45, 2.75) is 38.8 Å². The van der Waals surface area contributed by atoms with Crippen LogP contribution in [0.15, 0.2) is 60.7 Å². The van der Waals surface area contributed by atoms with Crippen LogP contribution in [-0.4, -0.2) is 18.0 Å². The van der Waals surface area contributed by atoms with Crippen molar-refractivity contribution in [3.8, 4) is 0 Å². The molecule has 25 heavy (non-hydrogen) atoms. The number of urea groups is 1. The van der Waals surface area contributed by atoms with Crippen molar-refractivity contribution in [3.05, 3.63) is 66.2 Å². The lowest BCUT2D eigenvalue weighted by molar-refractivity contribution is -0.123. The summed E-state index contributed by atoms with van der Waals surface area (Å²) in [6.45, 7) is 3.91. The number of carbonyl (C=O) groups is 2. The Hall–Kier alpha value is -2.82. The van der Waals surface area contributed by atoms with Crippen LogP contribution in [0.3, 0.4) is 0 Å². The monoisotopic (exact) mass is 339 g/mol. The average Bonchev–Trinajstić information content (AvgIpc) is 2.62. The predicted molar refractivity (Wildman–Crippen MR) is 100 cm³/mol. The van der Waals surface area contributed by atoms with Gasteiger partial charge in [-0.3, -0.25) is 4.79 Å². The van der Waals surface area contributed by atoms with Gasteiger partial charge in [0.2, 0.25) is 5.91 Å². The van der Waals surface area contributed by atoms with Crippen molar-refractivity contribution < 1.29 is 9.59 Å². The molecular weight excluding hydrogens is 314 g/mol. The number of carbonyl (C=O) groups excluding carboxylic acids is 2. The van der Waals surface area contributed by atoms with Crippen molar-refractivity contribution in [3.63, 3.8) is 0 Å². The molecule has 0 aliphatic carbocycles. The number of benzene rings is 2. The van der Waals surface area contributed by atoms with E-state index in [0.717, 1.165) is 12.0 Å². The van der Waals surface area contributed by atoms with Crippen molar-refractivity contribution >= 4 is 17.6 Å². The predicted octanol–water partition coefficient (Wildman–Crippen LogP) is 3.85. The second-order valence-corrected chi connectivity index (χ2v) is 5.95. The fourth-order valence-corrected chi connectivity index (χ4v) is 2.54. The molecule has 132 valence electrons. The standard InChI is InChI=1S/C20H25N3O2/c1-3-10-18(23-20(25)22-17-13-8-5-9-14-17)19(24)21-15(2)16-11-6-4-7-12-16/h4-9,11-15,18H,3,10H2,1-2H3,(H,21,24)(H2,22,23,25)/t15-,18+/m1/s1. The quantitative estimate of drug-likeness (QED) is 0.717. The van der Waals surface area contributed by atoms with E-state index in [0.29, 0.717) is 12.1 Å². The SMILES string of the molecule is CCC[C@H](NC(=O)Nc1ccccc1)C(=O)N[C@H](C)c1ccccc1. The molecule has 0 spiro atoms. The van der Waals surface area contributed by atoms with E-state index in [-0.39, 0.29) is 18.0 Å². The first-order valence-electron chi connectivity index (χ1n) is 8.58. The van der Waals surface area contributed by atoms with Crippen molar-refractivity contribution in [1.29, 1.82) is 0 Å². The van der Waals surface area contributed by atoms with Gasteiger partial charge in [-0.25, -0.2) is 4.79 Å². The molecule has 0 heterocycles. The molecule has 0 unspecified atom stereocenters. The zero-order valence-electron chi connectivity index (χ0n) is 14.7. The van der Waals surface area contributed by atoms with Crippen LogP contribution < -0.4 is 16.0 Å². The summed E-state index contributed by atoms with van der Waals surface area (Å²) in [4.78, 5) is 24.7. The van der Waals surface area contributed by atoms with Crippen molar-refractivity contribution in [1.82, 2.24) is 10.6 Å². The third-order valence-electron chi connectivity index (χ3n) is 3.89. The largest absolute Gasteiger partial charge is 0.348 e. The van der Waals surface area contributed by atoms with E-state index in [4.69, 9.17) is 0 Å². The van der Waals surface area contributed by atoms with Gasteiger partial charge in [0.15, 0.2) is 0 Å². The molecule has 0 fully saturated rings. The third-order valence-corrected chi connectivity index (χ3v) is 3.89. The molecule has 2 rings (SSSR count). The lowest BCUT2D eigenvalue weighted by atomic mass is 10.1. The van der Waals surface area contributed by atoms with Crippen LogP contribution >= 0.6 is 0 Å². The molecule has 0 aromatic heterocycles. The Morgan fingerprint density at radius 2 is 1.52 bits per heavy atom. The smallest absolute Gasteiger partial charge is 0.319 e. The Morgan fingerprint density at radius 3 is 2.12 bits per heavy atom.